The average molecular weight is 516 g/mol. The first-order valence-corrected chi connectivity index (χ1v) is 11.7. The first-order chi connectivity index (χ1) is 15.1. The molecule has 4 aromatic rings. The van der Waals surface area contributed by atoms with Crippen LogP contribution in [0.15, 0.2) is 73.9 Å². The van der Waals surface area contributed by atoms with Crippen LogP contribution in [-0.4, -0.2) is 30.2 Å². The molecular weight excluding hydrogens is 498 g/mol. The minimum Gasteiger partial charge on any atom is -0.503 e. The summed E-state index contributed by atoms with van der Waals surface area (Å²) in [5.74, 6) is 1.11. The van der Waals surface area contributed by atoms with Crippen LogP contribution in [-0.2, 0) is 0 Å². The predicted molar refractivity (Wildman–Crippen MR) is 129 cm³/mol. The minimum atomic E-state index is 0.0500. The lowest BCUT2D eigenvalue weighted by atomic mass is 10.2. The first-order valence-electron chi connectivity index (χ1n) is 9.13. The molecule has 9 heteroatoms. The molecule has 0 aliphatic carbocycles. The Morgan fingerprint density at radius 3 is 2.58 bits per heavy atom. The highest BCUT2D eigenvalue weighted by Crippen LogP contribution is 2.35. The monoisotopic (exact) mass is 515 g/mol. The van der Waals surface area contributed by atoms with Gasteiger partial charge in [0.1, 0.15) is 11.4 Å². The topological polar surface area (TPSA) is 68.3 Å². The van der Waals surface area contributed by atoms with Gasteiger partial charge in [-0.25, -0.2) is 9.67 Å². The number of para-hydroxylation sites is 2. The molecule has 2 aromatic heterocycles. The quantitative estimate of drug-likeness (QED) is 0.326. The fourth-order valence-corrected chi connectivity index (χ4v) is 4.96. The fraction of sp³-hybridized carbons (Fsp3) is 0.0909. The maximum absolute atomic E-state index is 10.1. The Hall–Kier alpha value is -2.88. The van der Waals surface area contributed by atoms with Crippen molar-refractivity contribution in [3.05, 3.63) is 74.1 Å². The molecule has 0 aliphatic rings. The molecule has 0 bridgehead atoms. The molecule has 6 nitrogen and oxygen atoms in total. The molecule has 0 aliphatic heterocycles. The number of phenolic OH excluding ortho intramolecular Hbond substituents is 1. The highest BCUT2D eigenvalue weighted by Gasteiger charge is 2.11. The summed E-state index contributed by atoms with van der Waals surface area (Å²) in [6.07, 6.45) is 1.71. The third kappa shape index (κ3) is 4.58. The van der Waals surface area contributed by atoms with Crippen molar-refractivity contribution in [1.82, 2.24) is 4.68 Å². The lowest BCUT2D eigenvalue weighted by molar-refractivity contribution is 0.372. The van der Waals surface area contributed by atoms with E-state index >= 15 is 0 Å². The van der Waals surface area contributed by atoms with Crippen LogP contribution in [0.1, 0.15) is 5.56 Å². The Morgan fingerprint density at radius 2 is 1.84 bits per heavy atom. The number of thiophene rings is 1. The van der Waals surface area contributed by atoms with Crippen LogP contribution in [0, 0.1) is 0 Å². The number of aromatic nitrogens is 1. The summed E-state index contributed by atoms with van der Waals surface area (Å²) < 4.78 is 13.0. The van der Waals surface area contributed by atoms with E-state index < -0.39 is 0 Å². The highest BCUT2D eigenvalue weighted by molar-refractivity contribution is 9.10. The SMILES string of the molecule is COc1ccccc1N=c1scc(-c2cccs2)n1N=Cc1cc(Br)c(O)c(OC)c1. The summed E-state index contributed by atoms with van der Waals surface area (Å²) in [6, 6.07) is 15.2. The van der Waals surface area contributed by atoms with Crippen molar-refractivity contribution in [3.8, 4) is 27.8 Å². The van der Waals surface area contributed by atoms with Crippen LogP contribution in [0.4, 0.5) is 5.69 Å². The molecule has 0 saturated carbocycles. The number of ether oxygens (including phenoxy) is 2. The average Bonchev–Trinajstić information content (AvgIpc) is 3.45. The van der Waals surface area contributed by atoms with Crippen LogP contribution in [0.3, 0.4) is 0 Å². The van der Waals surface area contributed by atoms with E-state index in [4.69, 9.17) is 19.6 Å². The largest absolute Gasteiger partial charge is 0.503 e. The number of thiazole rings is 1. The van der Waals surface area contributed by atoms with E-state index in [1.165, 1.54) is 18.4 Å². The molecule has 1 N–H and O–H groups in total. The summed E-state index contributed by atoms with van der Waals surface area (Å²) >= 11 is 6.48. The predicted octanol–water partition coefficient (Wildman–Crippen LogP) is 5.88. The summed E-state index contributed by atoms with van der Waals surface area (Å²) in [5, 5.41) is 18.8. The zero-order chi connectivity index (χ0) is 21.8. The maximum Gasteiger partial charge on any atom is 0.211 e. The summed E-state index contributed by atoms with van der Waals surface area (Å²) in [4.78, 5) is 6.58. The molecular formula is C22H18BrN3O3S2. The van der Waals surface area contributed by atoms with Gasteiger partial charge in [0.15, 0.2) is 11.5 Å². The van der Waals surface area contributed by atoms with Gasteiger partial charge in [-0.05, 0) is 57.2 Å². The molecule has 0 unspecified atom stereocenters. The maximum atomic E-state index is 10.1. The molecule has 0 radical (unpaired) electrons. The number of benzene rings is 2. The second-order valence-electron chi connectivity index (χ2n) is 6.27. The number of hydrogen-bond donors (Lipinski definition) is 1. The summed E-state index contributed by atoms with van der Waals surface area (Å²) in [6.45, 7) is 0. The Balaban J connectivity index is 1.84. The van der Waals surface area contributed by atoms with E-state index in [0.29, 0.717) is 20.8 Å². The van der Waals surface area contributed by atoms with Crippen molar-refractivity contribution < 1.29 is 14.6 Å². The number of aromatic hydroxyl groups is 1. The number of halogens is 1. The smallest absolute Gasteiger partial charge is 0.211 e. The van der Waals surface area contributed by atoms with Crippen molar-refractivity contribution in [2.24, 2.45) is 10.1 Å². The minimum absolute atomic E-state index is 0.0500. The van der Waals surface area contributed by atoms with Crippen LogP contribution < -0.4 is 14.3 Å². The van der Waals surface area contributed by atoms with Gasteiger partial charge in [-0.1, -0.05) is 18.2 Å². The standard InChI is InChI=1S/C22H18BrN3O3S2/c1-28-18-7-4-3-6-16(18)25-22-26(17(13-31-22)20-8-5-9-30-20)24-12-14-10-15(23)21(27)19(11-14)29-2/h3-13,27H,1-2H3. The highest BCUT2D eigenvalue weighted by atomic mass is 79.9. The van der Waals surface area contributed by atoms with Gasteiger partial charge >= 0.3 is 0 Å². The first kappa shape index (κ1) is 21.4. The Morgan fingerprint density at radius 1 is 1.03 bits per heavy atom. The van der Waals surface area contributed by atoms with Crippen molar-refractivity contribution in [2.45, 2.75) is 0 Å². The van der Waals surface area contributed by atoms with Gasteiger partial charge < -0.3 is 14.6 Å². The number of nitrogens with zero attached hydrogens (tertiary/aromatic N) is 3. The molecule has 31 heavy (non-hydrogen) atoms. The Kier molecular flexibility index (Phi) is 6.55. The third-order valence-electron chi connectivity index (χ3n) is 4.35. The molecule has 0 fully saturated rings. The van der Waals surface area contributed by atoms with Gasteiger partial charge in [0, 0.05) is 5.38 Å². The van der Waals surface area contributed by atoms with Crippen LogP contribution in [0.2, 0.25) is 0 Å². The van der Waals surface area contributed by atoms with Gasteiger partial charge in [0.05, 0.1) is 35.5 Å². The number of phenols is 1. The van der Waals surface area contributed by atoms with Crippen molar-refractivity contribution in [1.29, 1.82) is 0 Å². The zero-order valence-corrected chi connectivity index (χ0v) is 19.9. The molecule has 0 atom stereocenters. The molecule has 0 saturated heterocycles. The molecule has 4 rings (SSSR count). The van der Waals surface area contributed by atoms with E-state index in [0.717, 1.165) is 21.8 Å². The number of hydrogen-bond acceptors (Lipinski definition) is 7. The lowest BCUT2D eigenvalue weighted by Crippen LogP contribution is -2.11. The van der Waals surface area contributed by atoms with Crippen molar-refractivity contribution in [3.63, 3.8) is 0 Å². The van der Waals surface area contributed by atoms with Crippen molar-refractivity contribution >= 4 is 50.5 Å². The Labute approximate surface area is 195 Å². The van der Waals surface area contributed by atoms with Crippen LogP contribution >= 0.6 is 38.6 Å². The number of rotatable bonds is 6. The van der Waals surface area contributed by atoms with E-state index in [-0.39, 0.29) is 5.75 Å². The molecule has 2 aromatic carbocycles. The zero-order valence-electron chi connectivity index (χ0n) is 16.7. The second-order valence-corrected chi connectivity index (χ2v) is 8.91. The second kappa shape index (κ2) is 9.51. The van der Waals surface area contributed by atoms with Gasteiger partial charge in [0.25, 0.3) is 0 Å². The number of methoxy groups -OCH3 is 2. The molecule has 0 amide bonds. The summed E-state index contributed by atoms with van der Waals surface area (Å²) in [5.41, 5.74) is 2.43. The molecule has 158 valence electrons. The molecule has 2 heterocycles. The van der Waals surface area contributed by atoms with E-state index in [9.17, 15) is 5.11 Å². The van der Waals surface area contributed by atoms with E-state index in [1.807, 2.05) is 47.2 Å². The van der Waals surface area contributed by atoms with Gasteiger partial charge in [-0.2, -0.15) is 5.10 Å². The van der Waals surface area contributed by atoms with Gasteiger partial charge in [0.2, 0.25) is 4.80 Å². The van der Waals surface area contributed by atoms with E-state index in [1.54, 1.807) is 41.5 Å². The lowest BCUT2D eigenvalue weighted by Gasteiger charge is -2.07. The summed E-state index contributed by atoms with van der Waals surface area (Å²) in [7, 11) is 3.14. The van der Waals surface area contributed by atoms with Crippen molar-refractivity contribution in [2.75, 3.05) is 14.2 Å². The van der Waals surface area contributed by atoms with Crippen LogP contribution in [0.25, 0.3) is 10.6 Å². The van der Waals surface area contributed by atoms with E-state index in [2.05, 4.69) is 15.9 Å². The normalized spacial score (nSPS) is 11.9. The van der Waals surface area contributed by atoms with Gasteiger partial charge in [-0.3, -0.25) is 0 Å². The Bertz CT molecular complexity index is 1290. The van der Waals surface area contributed by atoms with Gasteiger partial charge in [-0.15, -0.1) is 22.7 Å². The molecule has 0 spiro atoms. The van der Waals surface area contributed by atoms with Crippen LogP contribution in [0.5, 0.6) is 17.2 Å². The third-order valence-corrected chi connectivity index (χ3v) is 6.67. The fourth-order valence-electron chi connectivity index (χ4n) is 2.86.